The summed E-state index contributed by atoms with van der Waals surface area (Å²) in [6.45, 7) is 1.61. The van der Waals surface area contributed by atoms with E-state index in [9.17, 15) is 13.2 Å². The first-order valence-corrected chi connectivity index (χ1v) is 10.8. The van der Waals surface area contributed by atoms with Crippen LogP contribution in [0, 0.1) is 0 Å². The first-order chi connectivity index (χ1) is 11.8. The van der Waals surface area contributed by atoms with E-state index in [-0.39, 0.29) is 18.5 Å². The lowest BCUT2D eigenvalue weighted by Gasteiger charge is -2.23. The van der Waals surface area contributed by atoms with E-state index in [4.69, 9.17) is 0 Å². The maximum Gasteiger partial charge on any atom is 0.241 e. The number of benzene rings is 2. The molecule has 2 aromatic rings. The molecule has 1 atom stereocenters. The summed E-state index contributed by atoms with van der Waals surface area (Å²) in [4.78, 5) is 13.3. The van der Waals surface area contributed by atoms with Crippen LogP contribution in [-0.2, 0) is 14.8 Å². The van der Waals surface area contributed by atoms with Crippen LogP contribution in [0.4, 0.5) is 5.69 Å². The summed E-state index contributed by atoms with van der Waals surface area (Å²) < 4.78 is 25.4. The molecule has 1 N–H and O–H groups in total. The highest BCUT2D eigenvalue weighted by Crippen LogP contribution is 2.24. The molecule has 1 amide bonds. The maximum absolute atomic E-state index is 12.4. The van der Waals surface area contributed by atoms with Gasteiger partial charge in [-0.1, -0.05) is 36.4 Å². The van der Waals surface area contributed by atoms with E-state index in [1.807, 2.05) is 49.6 Å². The Kier molecular flexibility index (Phi) is 6.50. The van der Waals surface area contributed by atoms with Crippen LogP contribution in [0.1, 0.15) is 18.5 Å². The van der Waals surface area contributed by atoms with Crippen LogP contribution in [0.3, 0.4) is 0 Å². The van der Waals surface area contributed by atoms with Crippen LogP contribution in [0.5, 0.6) is 0 Å². The van der Waals surface area contributed by atoms with E-state index in [2.05, 4.69) is 5.32 Å². The van der Waals surface area contributed by atoms with Crippen molar-refractivity contribution < 1.29 is 13.2 Å². The summed E-state index contributed by atoms with van der Waals surface area (Å²) in [6.07, 6.45) is 3.02. The predicted molar refractivity (Wildman–Crippen MR) is 103 cm³/mol. The van der Waals surface area contributed by atoms with E-state index < -0.39 is 10.0 Å². The molecule has 0 aliphatic rings. The minimum atomic E-state index is -3.58. The number of thioether (sulfide) groups is 1. The molecule has 0 aliphatic carbocycles. The zero-order chi connectivity index (χ0) is 18.4. The van der Waals surface area contributed by atoms with Crippen LogP contribution in [0.2, 0.25) is 0 Å². The van der Waals surface area contributed by atoms with E-state index in [0.717, 1.165) is 21.0 Å². The van der Waals surface area contributed by atoms with Gasteiger partial charge < -0.3 is 5.32 Å². The number of anilines is 1. The normalized spacial score (nSPS) is 12.4. The van der Waals surface area contributed by atoms with Crippen LogP contribution < -0.4 is 9.62 Å². The molecule has 134 valence electrons. The molecule has 5 nitrogen and oxygen atoms in total. The number of nitrogens with one attached hydrogen (secondary N) is 1. The molecule has 0 fully saturated rings. The molecule has 25 heavy (non-hydrogen) atoms. The fourth-order valence-corrected chi connectivity index (χ4v) is 3.71. The van der Waals surface area contributed by atoms with Gasteiger partial charge >= 0.3 is 0 Å². The molecular formula is C18H22N2O3S2. The number of hydrogen-bond donors (Lipinski definition) is 1. The van der Waals surface area contributed by atoms with E-state index >= 15 is 0 Å². The average Bonchev–Trinajstić information content (AvgIpc) is 2.59. The summed E-state index contributed by atoms with van der Waals surface area (Å²) in [6, 6.07) is 16.5. The second-order valence-corrected chi connectivity index (χ2v) is 8.46. The average molecular weight is 379 g/mol. The van der Waals surface area contributed by atoms with Gasteiger partial charge in [0.25, 0.3) is 0 Å². The molecule has 0 aliphatic heterocycles. The topological polar surface area (TPSA) is 66.5 Å². The summed E-state index contributed by atoms with van der Waals surface area (Å²) in [7, 11) is -3.58. The Bertz CT molecular complexity index is 823. The van der Waals surface area contributed by atoms with E-state index in [0.29, 0.717) is 5.69 Å². The van der Waals surface area contributed by atoms with Gasteiger partial charge in [-0.2, -0.15) is 0 Å². The number of nitrogens with zero attached hydrogens (tertiary/aromatic N) is 1. The highest BCUT2D eigenvalue weighted by molar-refractivity contribution is 7.98. The molecule has 0 saturated heterocycles. The Labute approximate surface area is 153 Å². The van der Waals surface area contributed by atoms with Gasteiger partial charge in [0.2, 0.25) is 15.9 Å². The monoisotopic (exact) mass is 378 g/mol. The molecule has 0 bridgehead atoms. The van der Waals surface area contributed by atoms with Gasteiger partial charge in [-0.3, -0.25) is 9.10 Å². The van der Waals surface area contributed by atoms with E-state index in [1.165, 1.54) is 11.8 Å². The maximum atomic E-state index is 12.4. The highest BCUT2D eigenvalue weighted by atomic mass is 32.2. The molecule has 2 rings (SSSR count). The summed E-state index contributed by atoms with van der Waals surface area (Å²) in [5.41, 5.74) is 1.45. The van der Waals surface area contributed by atoms with Crippen molar-refractivity contribution >= 4 is 33.4 Å². The number of sulfonamides is 1. The molecule has 0 spiro atoms. The Morgan fingerprint density at radius 2 is 1.84 bits per heavy atom. The molecule has 0 aromatic heterocycles. The van der Waals surface area contributed by atoms with Crippen molar-refractivity contribution in [1.82, 2.24) is 5.32 Å². The minimum absolute atomic E-state index is 0.201. The number of rotatable bonds is 7. The van der Waals surface area contributed by atoms with Crippen LogP contribution in [-0.4, -0.2) is 33.4 Å². The summed E-state index contributed by atoms with van der Waals surface area (Å²) >= 11 is 1.52. The van der Waals surface area contributed by atoms with Gasteiger partial charge in [0.1, 0.15) is 6.54 Å². The van der Waals surface area contributed by atoms with Gasteiger partial charge in [0.15, 0.2) is 0 Å². The van der Waals surface area contributed by atoms with Crippen LogP contribution in [0.25, 0.3) is 0 Å². The summed E-state index contributed by atoms with van der Waals surface area (Å²) in [5, 5.41) is 2.85. The molecule has 0 saturated carbocycles. The van der Waals surface area contributed by atoms with E-state index in [1.54, 1.807) is 18.2 Å². The highest BCUT2D eigenvalue weighted by Gasteiger charge is 2.22. The second kappa shape index (κ2) is 8.40. The third-order valence-corrected chi connectivity index (χ3v) is 5.57. The number of carbonyl (C=O) groups is 1. The zero-order valence-electron chi connectivity index (χ0n) is 14.5. The lowest BCUT2D eigenvalue weighted by molar-refractivity contribution is -0.120. The van der Waals surface area contributed by atoms with Crippen molar-refractivity contribution in [3.63, 3.8) is 0 Å². The summed E-state index contributed by atoms with van der Waals surface area (Å²) in [5.74, 6) is -0.351. The van der Waals surface area contributed by atoms with Crippen molar-refractivity contribution in [3.8, 4) is 0 Å². The van der Waals surface area contributed by atoms with Crippen molar-refractivity contribution in [1.29, 1.82) is 0 Å². The van der Waals surface area contributed by atoms with Crippen LogP contribution >= 0.6 is 11.8 Å². The third-order valence-electron chi connectivity index (χ3n) is 3.71. The SMILES string of the molecule is CSc1cccc(N(CC(=O)N[C@H](C)c2ccccc2)S(C)(=O)=O)c1. The Morgan fingerprint density at radius 1 is 1.16 bits per heavy atom. The third kappa shape index (κ3) is 5.51. The van der Waals surface area contributed by atoms with Crippen molar-refractivity contribution in [2.45, 2.75) is 17.9 Å². The predicted octanol–water partition coefficient (Wildman–Crippen LogP) is 3.05. The first kappa shape index (κ1) is 19.3. The molecule has 0 heterocycles. The lowest BCUT2D eigenvalue weighted by atomic mass is 10.1. The minimum Gasteiger partial charge on any atom is -0.348 e. The second-order valence-electron chi connectivity index (χ2n) is 5.67. The van der Waals surface area contributed by atoms with Crippen molar-refractivity contribution in [2.24, 2.45) is 0 Å². The van der Waals surface area contributed by atoms with Gasteiger partial charge in [-0.05, 0) is 36.9 Å². The Hall–Kier alpha value is -1.99. The molecule has 2 aromatic carbocycles. The quantitative estimate of drug-likeness (QED) is 0.752. The number of amides is 1. The first-order valence-electron chi connectivity index (χ1n) is 7.77. The lowest BCUT2D eigenvalue weighted by Crippen LogP contribution is -2.41. The fourth-order valence-electron chi connectivity index (χ4n) is 2.41. The van der Waals surface area contributed by atoms with Crippen molar-refractivity contribution in [2.75, 3.05) is 23.4 Å². The van der Waals surface area contributed by atoms with Gasteiger partial charge in [0, 0.05) is 4.90 Å². The Morgan fingerprint density at radius 3 is 2.44 bits per heavy atom. The Balaban J connectivity index is 2.16. The van der Waals surface area contributed by atoms with Crippen LogP contribution in [0.15, 0.2) is 59.5 Å². The van der Waals surface area contributed by atoms with Crippen molar-refractivity contribution in [3.05, 3.63) is 60.2 Å². The zero-order valence-corrected chi connectivity index (χ0v) is 16.1. The standard InChI is InChI=1S/C18H22N2O3S2/c1-14(15-8-5-4-6-9-15)19-18(21)13-20(25(3,22)23)16-10-7-11-17(12-16)24-2/h4-12,14H,13H2,1-3H3,(H,19,21)/t14-/m1/s1. The van der Waals surface area contributed by atoms with Gasteiger partial charge in [-0.25, -0.2) is 8.42 Å². The fraction of sp³-hybridized carbons (Fsp3) is 0.278. The number of carbonyl (C=O) groups excluding carboxylic acids is 1. The molecular weight excluding hydrogens is 356 g/mol. The van der Waals surface area contributed by atoms with Gasteiger partial charge in [-0.15, -0.1) is 11.8 Å². The molecule has 0 radical (unpaired) electrons. The van der Waals surface area contributed by atoms with Gasteiger partial charge in [0.05, 0.1) is 18.0 Å². The smallest absolute Gasteiger partial charge is 0.241 e. The molecule has 0 unspecified atom stereocenters. The molecule has 7 heteroatoms. The largest absolute Gasteiger partial charge is 0.348 e. The number of hydrogen-bond acceptors (Lipinski definition) is 4.